The first kappa shape index (κ1) is 14.7. The van der Waals surface area contributed by atoms with Gasteiger partial charge in [-0.3, -0.25) is 4.79 Å². The van der Waals surface area contributed by atoms with Crippen LogP contribution in [0.3, 0.4) is 0 Å². The Kier molecular flexibility index (Phi) is 4.91. The van der Waals surface area contributed by atoms with Crippen LogP contribution in [0.25, 0.3) is 0 Å². The number of aryl methyl sites for hydroxylation is 1. The van der Waals surface area contributed by atoms with Crippen LogP contribution in [0.2, 0.25) is 0 Å². The molecule has 0 saturated heterocycles. The molecule has 0 radical (unpaired) electrons. The van der Waals surface area contributed by atoms with Crippen molar-refractivity contribution < 1.29 is 15.0 Å². The van der Waals surface area contributed by atoms with Gasteiger partial charge < -0.3 is 10.2 Å². The van der Waals surface area contributed by atoms with Crippen LogP contribution in [0.1, 0.15) is 44.7 Å². The smallest absolute Gasteiger partial charge is 0.306 e. The molecule has 0 aliphatic carbocycles. The lowest BCUT2D eigenvalue weighted by Gasteiger charge is -2.31. The molecule has 0 aromatic heterocycles. The second-order valence-electron chi connectivity index (χ2n) is 5.10. The summed E-state index contributed by atoms with van der Waals surface area (Å²) in [5, 5.41) is 19.5. The molecule has 0 saturated carbocycles. The van der Waals surface area contributed by atoms with E-state index in [4.69, 9.17) is 5.11 Å². The molecular weight excluding hydrogens is 228 g/mol. The van der Waals surface area contributed by atoms with Crippen molar-refractivity contribution in [1.29, 1.82) is 0 Å². The van der Waals surface area contributed by atoms with E-state index in [1.165, 1.54) is 5.56 Å². The van der Waals surface area contributed by atoms with Gasteiger partial charge >= 0.3 is 5.97 Å². The highest BCUT2D eigenvalue weighted by Gasteiger charge is 2.35. The molecule has 0 aliphatic heterocycles. The molecule has 3 heteroatoms. The number of hydrogen-bond donors (Lipinski definition) is 2. The number of carbonyl (C=O) groups is 1. The topological polar surface area (TPSA) is 57.5 Å². The molecule has 0 spiro atoms. The van der Waals surface area contributed by atoms with Gasteiger partial charge in [0, 0.05) is 0 Å². The van der Waals surface area contributed by atoms with Crippen LogP contribution < -0.4 is 0 Å². The van der Waals surface area contributed by atoms with E-state index in [9.17, 15) is 9.90 Å². The maximum Gasteiger partial charge on any atom is 0.306 e. The number of aliphatic hydroxyl groups is 1. The third-order valence-corrected chi connectivity index (χ3v) is 3.37. The summed E-state index contributed by atoms with van der Waals surface area (Å²) < 4.78 is 0. The minimum atomic E-state index is -1.30. The van der Waals surface area contributed by atoms with Crippen LogP contribution in [-0.4, -0.2) is 16.2 Å². The molecular formula is C15H22O3. The number of carboxylic acid groups (broad SMARTS) is 1. The van der Waals surface area contributed by atoms with Gasteiger partial charge in [-0.25, -0.2) is 0 Å². The van der Waals surface area contributed by atoms with Crippen LogP contribution in [0, 0.1) is 5.92 Å². The summed E-state index contributed by atoms with van der Waals surface area (Å²) >= 11 is 0. The third-order valence-electron chi connectivity index (χ3n) is 3.37. The molecule has 1 rings (SSSR count). The molecule has 1 unspecified atom stereocenters. The molecule has 1 atom stereocenters. The van der Waals surface area contributed by atoms with Crippen molar-refractivity contribution in [3.8, 4) is 0 Å². The molecule has 1 aromatic rings. The van der Waals surface area contributed by atoms with Crippen molar-refractivity contribution in [1.82, 2.24) is 0 Å². The van der Waals surface area contributed by atoms with Crippen molar-refractivity contribution in [2.24, 2.45) is 5.92 Å². The quantitative estimate of drug-likeness (QED) is 0.816. The fraction of sp³-hybridized carbons (Fsp3) is 0.533. The second-order valence-corrected chi connectivity index (χ2v) is 5.10. The SMILES string of the molecule is CCCc1ccc(C(O)(CC(=O)O)C(C)C)cc1. The van der Waals surface area contributed by atoms with Crippen molar-refractivity contribution in [2.45, 2.75) is 45.6 Å². The van der Waals surface area contributed by atoms with Gasteiger partial charge in [-0.05, 0) is 23.5 Å². The Bertz CT molecular complexity index is 395. The fourth-order valence-corrected chi connectivity index (χ4v) is 2.12. The Balaban J connectivity index is 3.02. The summed E-state index contributed by atoms with van der Waals surface area (Å²) in [6.45, 7) is 5.79. The lowest BCUT2D eigenvalue weighted by Crippen LogP contribution is -2.34. The van der Waals surface area contributed by atoms with Crippen molar-refractivity contribution in [3.05, 3.63) is 35.4 Å². The fourth-order valence-electron chi connectivity index (χ4n) is 2.12. The predicted molar refractivity (Wildman–Crippen MR) is 71.4 cm³/mol. The first-order valence-electron chi connectivity index (χ1n) is 6.43. The maximum absolute atomic E-state index is 10.9. The van der Waals surface area contributed by atoms with Gasteiger partial charge in [0.05, 0.1) is 6.42 Å². The first-order valence-corrected chi connectivity index (χ1v) is 6.43. The summed E-state index contributed by atoms with van der Waals surface area (Å²) in [6, 6.07) is 7.62. The van der Waals surface area contributed by atoms with E-state index in [2.05, 4.69) is 6.92 Å². The zero-order chi connectivity index (χ0) is 13.8. The van der Waals surface area contributed by atoms with Crippen molar-refractivity contribution in [3.63, 3.8) is 0 Å². The van der Waals surface area contributed by atoms with E-state index >= 15 is 0 Å². The highest BCUT2D eigenvalue weighted by molar-refractivity contribution is 5.68. The summed E-state index contributed by atoms with van der Waals surface area (Å²) in [6.07, 6.45) is 1.81. The number of aliphatic carboxylic acids is 1. The normalized spacial score (nSPS) is 14.5. The van der Waals surface area contributed by atoms with Crippen LogP contribution in [-0.2, 0) is 16.8 Å². The van der Waals surface area contributed by atoms with E-state index in [-0.39, 0.29) is 12.3 Å². The standard InChI is InChI=1S/C15H22O3/c1-4-5-12-6-8-13(9-7-12)15(18,11(2)3)10-14(16)17/h6-9,11,18H,4-5,10H2,1-3H3,(H,16,17). The molecule has 0 fully saturated rings. The van der Waals surface area contributed by atoms with Crippen LogP contribution in [0.15, 0.2) is 24.3 Å². The van der Waals surface area contributed by atoms with Crippen LogP contribution in [0.5, 0.6) is 0 Å². The van der Waals surface area contributed by atoms with Gasteiger partial charge in [-0.2, -0.15) is 0 Å². The highest BCUT2D eigenvalue weighted by atomic mass is 16.4. The number of rotatable bonds is 6. The average molecular weight is 250 g/mol. The van der Waals surface area contributed by atoms with E-state index in [1.54, 1.807) is 0 Å². The number of benzene rings is 1. The second kappa shape index (κ2) is 6.01. The summed E-state index contributed by atoms with van der Waals surface area (Å²) in [5.74, 6) is -1.13. The molecule has 0 amide bonds. The van der Waals surface area contributed by atoms with Gasteiger partial charge in [0.25, 0.3) is 0 Å². The van der Waals surface area contributed by atoms with Gasteiger partial charge in [0.15, 0.2) is 0 Å². The lowest BCUT2D eigenvalue weighted by atomic mass is 9.80. The summed E-state index contributed by atoms with van der Waals surface area (Å²) in [7, 11) is 0. The minimum Gasteiger partial charge on any atom is -0.481 e. The van der Waals surface area contributed by atoms with E-state index in [1.807, 2.05) is 38.1 Å². The largest absolute Gasteiger partial charge is 0.481 e. The summed E-state index contributed by atoms with van der Waals surface area (Å²) in [4.78, 5) is 10.9. The zero-order valence-electron chi connectivity index (χ0n) is 11.3. The van der Waals surface area contributed by atoms with Gasteiger partial charge in [-0.1, -0.05) is 51.5 Å². The van der Waals surface area contributed by atoms with E-state index in [0.29, 0.717) is 5.56 Å². The Morgan fingerprint density at radius 2 is 1.83 bits per heavy atom. The monoisotopic (exact) mass is 250 g/mol. The molecule has 2 N–H and O–H groups in total. The third kappa shape index (κ3) is 3.33. The van der Waals surface area contributed by atoms with Gasteiger partial charge in [-0.15, -0.1) is 0 Å². The molecule has 0 aliphatic rings. The molecule has 0 bridgehead atoms. The van der Waals surface area contributed by atoms with Crippen molar-refractivity contribution in [2.75, 3.05) is 0 Å². The first-order chi connectivity index (χ1) is 8.40. The number of hydrogen-bond acceptors (Lipinski definition) is 2. The molecule has 18 heavy (non-hydrogen) atoms. The minimum absolute atomic E-state index is 0.148. The van der Waals surface area contributed by atoms with Gasteiger partial charge in [0.2, 0.25) is 0 Å². The lowest BCUT2D eigenvalue weighted by molar-refractivity contribution is -0.145. The van der Waals surface area contributed by atoms with Crippen molar-refractivity contribution >= 4 is 5.97 Å². The predicted octanol–water partition coefficient (Wildman–Crippen LogP) is 2.96. The molecule has 100 valence electrons. The van der Waals surface area contributed by atoms with Gasteiger partial charge in [0.1, 0.15) is 5.60 Å². The summed E-state index contributed by atoms with van der Waals surface area (Å²) in [5.41, 5.74) is 0.596. The Labute approximate surface area is 108 Å². The Hall–Kier alpha value is -1.35. The van der Waals surface area contributed by atoms with Crippen LogP contribution in [0.4, 0.5) is 0 Å². The molecule has 3 nitrogen and oxygen atoms in total. The number of carboxylic acids is 1. The molecule has 1 aromatic carbocycles. The Morgan fingerprint density at radius 3 is 2.22 bits per heavy atom. The van der Waals surface area contributed by atoms with E-state index < -0.39 is 11.6 Å². The Morgan fingerprint density at radius 1 is 1.28 bits per heavy atom. The maximum atomic E-state index is 10.9. The zero-order valence-corrected chi connectivity index (χ0v) is 11.3. The van der Waals surface area contributed by atoms with Crippen LogP contribution >= 0.6 is 0 Å². The molecule has 0 heterocycles. The highest BCUT2D eigenvalue weighted by Crippen LogP contribution is 2.33. The average Bonchev–Trinajstić information content (AvgIpc) is 2.29. The van der Waals surface area contributed by atoms with E-state index in [0.717, 1.165) is 12.8 Å².